The molecule has 0 spiro atoms. The zero-order valence-corrected chi connectivity index (χ0v) is 41.5. The molecule has 2 nitrogen and oxygen atoms in total. The zero-order chi connectivity index (χ0) is 42.5. The topological polar surface area (TPSA) is 26.3 Å². The maximum absolute atomic E-state index is 12.1. The SMILES string of the molecule is CCCCCCCCCCCCCCCCCCCCCCCCCCCCCCCCC(=O)OCCCCCCCCCCCCCCCCCCCCCCCC. The molecule has 0 saturated carbocycles. The van der Waals surface area contributed by atoms with Crippen molar-refractivity contribution in [3.63, 3.8) is 0 Å². The summed E-state index contributed by atoms with van der Waals surface area (Å²) in [6.45, 7) is 5.25. The molecule has 0 atom stereocenters. The van der Waals surface area contributed by atoms with Crippen molar-refractivity contribution < 1.29 is 9.53 Å². The van der Waals surface area contributed by atoms with Crippen molar-refractivity contribution in [3.05, 3.63) is 0 Å². The van der Waals surface area contributed by atoms with Crippen LogP contribution in [0, 0.1) is 0 Å². The molecule has 0 aromatic carbocycles. The molecular weight excluding hydrogens is 717 g/mol. The van der Waals surface area contributed by atoms with Gasteiger partial charge in [-0.25, -0.2) is 0 Å². The van der Waals surface area contributed by atoms with E-state index in [-0.39, 0.29) is 5.97 Å². The smallest absolute Gasteiger partial charge is 0.305 e. The lowest BCUT2D eigenvalue weighted by atomic mass is 10.0. The van der Waals surface area contributed by atoms with Crippen LogP contribution in [0.2, 0.25) is 0 Å². The van der Waals surface area contributed by atoms with Crippen molar-refractivity contribution in [2.24, 2.45) is 0 Å². The minimum absolute atomic E-state index is 0.0358. The molecule has 354 valence electrons. The van der Waals surface area contributed by atoms with Crippen molar-refractivity contribution in [1.29, 1.82) is 0 Å². The molecule has 0 aliphatic heterocycles. The van der Waals surface area contributed by atoms with E-state index in [1.807, 2.05) is 0 Å². The van der Waals surface area contributed by atoms with Crippen LogP contribution < -0.4 is 0 Å². The van der Waals surface area contributed by atoms with Gasteiger partial charge in [-0.1, -0.05) is 335 Å². The summed E-state index contributed by atoms with van der Waals surface area (Å²) in [7, 11) is 0. The number of carbonyl (C=O) groups is 1. The summed E-state index contributed by atoms with van der Waals surface area (Å²) in [5, 5.41) is 0. The molecule has 0 fully saturated rings. The van der Waals surface area contributed by atoms with E-state index in [9.17, 15) is 4.79 Å². The Hall–Kier alpha value is -0.530. The molecule has 0 rings (SSSR count). The maximum atomic E-state index is 12.1. The number of esters is 1. The minimum Gasteiger partial charge on any atom is -0.466 e. The van der Waals surface area contributed by atoms with E-state index >= 15 is 0 Å². The van der Waals surface area contributed by atoms with Crippen LogP contribution >= 0.6 is 0 Å². The zero-order valence-electron chi connectivity index (χ0n) is 41.5. The normalized spacial score (nSPS) is 11.6. The van der Waals surface area contributed by atoms with Gasteiger partial charge in [-0.05, 0) is 12.8 Å². The fraction of sp³-hybridized carbons (Fsp3) is 0.982. The van der Waals surface area contributed by atoms with Gasteiger partial charge in [-0.2, -0.15) is 0 Å². The van der Waals surface area contributed by atoms with Crippen molar-refractivity contribution in [1.82, 2.24) is 0 Å². The van der Waals surface area contributed by atoms with Crippen molar-refractivity contribution in [3.8, 4) is 0 Å². The van der Waals surface area contributed by atoms with Gasteiger partial charge in [-0.3, -0.25) is 4.79 Å². The minimum atomic E-state index is 0.0358. The van der Waals surface area contributed by atoms with Gasteiger partial charge in [0.05, 0.1) is 6.61 Å². The molecule has 0 unspecified atom stereocenters. The molecule has 0 aromatic heterocycles. The Bertz CT molecular complexity index is 732. The summed E-state index contributed by atoms with van der Waals surface area (Å²) >= 11 is 0. The summed E-state index contributed by atoms with van der Waals surface area (Å²) in [6.07, 6.45) is 74.3. The second kappa shape index (κ2) is 55.5. The van der Waals surface area contributed by atoms with Crippen LogP contribution in [0.1, 0.15) is 354 Å². The van der Waals surface area contributed by atoms with Crippen LogP contribution in [0.3, 0.4) is 0 Å². The molecule has 0 N–H and O–H groups in total. The largest absolute Gasteiger partial charge is 0.466 e. The Morgan fingerprint density at radius 3 is 0.559 bits per heavy atom. The number of ether oxygens (including phenoxy) is 1. The number of unbranched alkanes of at least 4 members (excludes halogenated alkanes) is 50. The second-order valence-corrected chi connectivity index (χ2v) is 19.6. The van der Waals surface area contributed by atoms with Crippen molar-refractivity contribution >= 4 is 5.97 Å². The second-order valence-electron chi connectivity index (χ2n) is 19.6. The number of hydrogen-bond donors (Lipinski definition) is 0. The van der Waals surface area contributed by atoms with E-state index in [0.717, 1.165) is 12.8 Å². The molecular formula is C57H114O2. The predicted molar refractivity (Wildman–Crippen MR) is 267 cm³/mol. The van der Waals surface area contributed by atoms with Crippen LogP contribution in [0.4, 0.5) is 0 Å². The molecule has 59 heavy (non-hydrogen) atoms. The highest BCUT2D eigenvalue weighted by molar-refractivity contribution is 5.69. The van der Waals surface area contributed by atoms with Gasteiger partial charge < -0.3 is 4.74 Å². The summed E-state index contributed by atoms with van der Waals surface area (Å²) in [6, 6.07) is 0. The van der Waals surface area contributed by atoms with Crippen LogP contribution in [0.25, 0.3) is 0 Å². The molecule has 0 bridgehead atoms. The third kappa shape index (κ3) is 55.5. The lowest BCUT2D eigenvalue weighted by molar-refractivity contribution is -0.143. The molecule has 0 aliphatic carbocycles. The van der Waals surface area contributed by atoms with Crippen LogP contribution in [0.5, 0.6) is 0 Å². The first-order valence-corrected chi connectivity index (χ1v) is 28.5. The van der Waals surface area contributed by atoms with Crippen molar-refractivity contribution in [2.45, 2.75) is 354 Å². The lowest BCUT2D eigenvalue weighted by Gasteiger charge is -2.06. The van der Waals surface area contributed by atoms with Gasteiger partial charge in [0.2, 0.25) is 0 Å². The van der Waals surface area contributed by atoms with E-state index in [1.54, 1.807) is 0 Å². The Morgan fingerprint density at radius 2 is 0.373 bits per heavy atom. The van der Waals surface area contributed by atoms with E-state index < -0.39 is 0 Å². The molecule has 0 aliphatic rings. The van der Waals surface area contributed by atoms with Gasteiger partial charge in [0, 0.05) is 6.42 Å². The van der Waals surface area contributed by atoms with E-state index in [1.165, 1.54) is 321 Å². The van der Waals surface area contributed by atoms with Crippen molar-refractivity contribution in [2.75, 3.05) is 6.61 Å². The monoisotopic (exact) mass is 831 g/mol. The fourth-order valence-corrected chi connectivity index (χ4v) is 9.26. The fourth-order valence-electron chi connectivity index (χ4n) is 9.26. The number of rotatable bonds is 54. The highest BCUT2D eigenvalue weighted by Gasteiger charge is 2.03. The molecule has 0 heterocycles. The highest BCUT2D eigenvalue weighted by atomic mass is 16.5. The molecule has 0 radical (unpaired) electrons. The predicted octanol–water partition coefficient (Wildman–Crippen LogP) is 21.2. The average Bonchev–Trinajstić information content (AvgIpc) is 3.24. The van der Waals surface area contributed by atoms with E-state index in [2.05, 4.69) is 13.8 Å². The van der Waals surface area contributed by atoms with Gasteiger partial charge in [0.25, 0.3) is 0 Å². The van der Waals surface area contributed by atoms with Gasteiger partial charge in [0.1, 0.15) is 0 Å². The average molecular weight is 832 g/mol. The summed E-state index contributed by atoms with van der Waals surface area (Å²) < 4.78 is 5.51. The van der Waals surface area contributed by atoms with Gasteiger partial charge in [-0.15, -0.1) is 0 Å². The summed E-state index contributed by atoms with van der Waals surface area (Å²) in [4.78, 5) is 12.1. The molecule has 0 aromatic rings. The highest BCUT2D eigenvalue weighted by Crippen LogP contribution is 2.18. The first-order valence-electron chi connectivity index (χ1n) is 28.5. The Kier molecular flexibility index (Phi) is 55.0. The maximum Gasteiger partial charge on any atom is 0.305 e. The summed E-state index contributed by atoms with van der Waals surface area (Å²) in [5.41, 5.74) is 0. The quantitative estimate of drug-likeness (QED) is 0.0451. The number of hydrogen-bond acceptors (Lipinski definition) is 2. The summed E-state index contributed by atoms with van der Waals surface area (Å²) in [5.74, 6) is 0.0358. The Balaban J connectivity index is 3.14. The van der Waals surface area contributed by atoms with Crippen LogP contribution in [-0.2, 0) is 9.53 Å². The molecule has 0 saturated heterocycles. The first kappa shape index (κ1) is 58.5. The standard InChI is InChI=1S/C57H114O2/c1-3-5-7-9-11-13-15-17-19-21-23-25-27-28-29-30-31-32-33-34-35-37-39-41-43-45-47-49-51-53-55-57(58)59-56-54-52-50-48-46-44-42-40-38-36-26-24-22-20-18-16-14-12-10-8-6-4-2/h3-56H2,1-2H3. The Labute approximate surface area is 374 Å². The third-order valence-corrected chi connectivity index (χ3v) is 13.5. The van der Waals surface area contributed by atoms with E-state index in [4.69, 9.17) is 4.74 Å². The first-order chi connectivity index (χ1) is 29.3. The van der Waals surface area contributed by atoms with Crippen LogP contribution in [0.15, 0.2) is 0 Å². The van der Waals surface area contributed by atoms with Crippen LogP contribution in [-0.4, -0.2) is 12.6 Å². The molecule has 2 heteroatoms. The third-order valence-electron chi connectivity index (χ3n) is 13.5. The van der Waals surface area contributed by atoms with Gasteiger partial charge in [0.15, 0.2) is 0 Å². The number of carbonyl (C=O) groups excluding carboxylic acids is 1. The van der Waals surface area contributed by atoms with Gasteiger partial charge >= 0.3 is 5.97 Å². The van der Waals surface area contributed by atoms with E-state index in [0.29, 0.717) is 13.0 Å². The lowest BCUT2D eigenvalue weighted by Crippen LogP contribution is -2.05. The molecule has 0 amide bonds. The Morgan fingerprint density at radius 1 is 0.220 bits per heavy atom.